The summed E-state index contributed by atoms with van der Waals surface area (Å²) in [6.07, 6.45) is 1.33. The third kappa shape index (κ3) is 7.93. The Bertz CT molecular complexity index is 1320. The van der Waals surface area contributed by atoms with E-state index in [0.29, 0.717) is 39.1 Å². The van der Waals surface area contributed by atoms with Gasteiger partial charge >= 0.3 is 0 Å². The van der Waals surface area contributed by atoms with Gasteiger partial charge < -0.3 is 9.47 Å². The summed E-state index contributed by atoms with van der Waals surface area (Å²) in [6, 6.07) is 23.9. The molecule has 2 N–H and O–H groups in total. The maximum atomic E-state index is 12.5. The highest BCUT2D eigenvalue weighted by Crippen LogP contribution is 2.22. The first-order chi connectivity index (χ1) is 20.9. The van der Waals surface area contributed by atoms with Crippen molar-refractivity contribution in [2.75, 3.05) is 27.2 Å². The van der Waals surface area contributed by atoms with Crippen molar-refractivity contribution in [1.29, 1.82) is 0 Å². The lowest BCUT2D eigenvalue weighted by atomic mass is 9.96. The van der Waals surface area contributed by atoms with Crippen LogP contribution in [0, 0.1) is 0 Å². The van der Waals surface area contributed by atoms with Crippen LogP contribution >= 0.6 is 0 Å². The first-order valence-corrected chi connectivity index (χ1v) is 15.4. The molecule has 2 saturated heterocycles. The minimum absolute atomic E-state index is 0.180. The number of likely N-dealkylation sites (N-methyl/N-ethyl adjacent to an activating group) is 2. The predicted molar refractivity (Wildman–Crippen MR) is 173 cm³/mol. The lowest BCUT2D eigenvalue weighted by molar-refractivity contribution is -0.129. The highest BCUT2D eigenvalue weighted by molar-refractivity contribution is 5.87. The molecule has 8 nitrogen and oxygen atoms in total. The molecule has 8 heteroatoms. The Labute approximate surface area is 261 Å². The maximum Gasteiger partial charge on any atom is 0.164 e. The van der Waals surface area contributed by atoms with Crippen molar-refractivity contribution in [2.45, 2.75) is 77.2 Å². The quantitative estimate of drug-likeness (QED) is 0.357. The minimum Gasteiger partial charge on any atom is -0.489 e. The Morgan fingerprint density at radius 1 is 0.591 bits per heavy atom. The SMILES string of the molecule is CN1CC(=O)[C@H](Cc2ccc(OCc3ccc(COc4ccc(C[C@@H]5NC(C)(C)N(C)CC5=O)cc4)cc3)cc2)NC1(C)C. The van der Waals surface area contributed by atoms with Crippen LogP contribution in [0.3, 0.4) is 0 Å². The number of hydrogen-bond acceptors (Lipinski definition) is 8. The molecule has 5 rings (SSSR count). The van der Waals surface area contributed by atoms with Gasteiger partial charge in [0.05, 0.1) is 36.5 Å². The summed E-state index contributed by atoms with van der Waals surface area (Å²) < 4.78 is 12.0. The van der Waals surface area contributed by atoms with Gasteiger partial charge in [-0.05, 0) is 101 Å². The third-order valence-corrected chi connectivity index (χ3v) is 9.09. The van der Waals surface area contributed by atoms with E-state index in [1.54, 1.807) is 0 Å². The van der Waals surface area contributed by atoms with Gasteiger partial charge in [0, 0.05) is 0 Å². The molecule has 0 amide bonds. The van der Waals surface area contributed by atoms with Crippen LogP contribution in [-0.2, 0) is 35.6 Å². The van der Waals surface area contributed by atoms with Gasteiger partial charge in [0.1, 0.15) is 24.7 Å². The van der Waals surface area contributed by atoms with Crippen LogP contribution in [0.4, 0.5) is 0 Å². The molecule has 234 valence electrons. The molecule has 0 spiro atoms. The second kappa shape index (κ2) is 13.2. The molecule has 0 aromatic heterocycles. The number of Topliss-reactive ketones (excluding diaryl/α,β-unsaturated/α-hetero) is 2. The second-order valence-electron chi connectivity index (χ2n) is 13.2. The molecule has 2 aliphatic heterocycles. The number of benzene rings is 3. The van der Waals surface area contributed by atoms with E-state index in [4.69, 9.17) is 9.47 Å². The number of hydrogen-bond donors (Lipinski definition) is 2. The summed E-state index contributed by atoms with van der Waals surface area (Å²) in [4.78, 5) is 29.1. The normalized spacial score (nSPS) is 22.1. The Kier molecular flexibility index (Phi) is 9.56. The minimum atomic E-state index is -0.208. The van der Waals surface area contributed by atoms with E-state index in [0.717, 1.165) is 33.8 Å². The number of nitrogens with one attached hydrogen (secondary N) is 2. The Hall–Kier alpha value is -3.56. The number of carbonyl (C=O) groups excluding carboxylic acids is 2. The molecule has 0 unspecified atom stereocenters. The van der Waals surface area contributed by atoms with Gasteiger partial charge in [-0.25, -0.2) is 0 Å². The van der Waals surface area contributed by atoms with E-state index in [1.165, 1.54) is 0 Å². The van der Waals surface area contributed by atoms with Gasteiger partial charge in [-0.2, -0.15) is 0 Å². The average molecular weight is 599 g/mol. The van der Waals surface area contributed by atoms with Crippen molar-refractivity contribution in [3.05, 3.63) is 95.1 Å². The first kappa shape index (κ1) is 31.9. The summed E-state index contributed by atoms with van der Waals surface area (Å²) in [6.45, 7) is 10.3. The van der Waals surface area contributed by atoms with Crippen LogP contribution in [-0.4, -0.2) is 72.0 Å². The van der Waals surface area contributed by atoms with Gasteiger partial charge in [0.15, 0.2) is 11.6 Å². The standard InChI is InChI=1S/C36H46N4O4/c1-35(2)37-31(33(41)21-39(35)5)19-25-11-15-29(16-12-25)43-23-27-7-9-28(10-8-27)24-44-30-17-13-26(14-18-30)20-32-34(42)22-40(6)36(3,4)38-32/h7-18,31-32,37-38H,19-24H2,1-6H3/t31-,32-/m0/s1. The Balaban J connectivity index is 1.05. The lowest BCUT2D eigenvalue weighted by Crippen LogP contribution is -2.65. The third-order valence-electron chi connectivity index (χ3n) is 9.09. The molecular formula is C36H46N4O4. The van der Waals surface area contributed by atoms with Gasteiger partial charge in [-0.15, -0.1) is 0 Å². The fourth-order valence-electron chi connectivity index (χ4n) is 5.63. The topological polar surface area (TPSA) is 83.1 Å². The van der Waals surface area contributed by atoms with Crippen LogP contribution in [0.25, 0.3) is 0 Å². The van der Waals surface area contributed by atoms with E-state index in [2.05, 4.69) is 62.6 Å². The van der Waals surface area contributed by atoms with Gasteiger partial charge in [-0.3, -0.25) is 30.0 Å². The molecule has 3 aromatic rings. The first-order valence-electron chi connectivity index (χ1n) is 15.4. The highest BCUT2D eigenvalue weighted by Gasteiger charge is 2.37. The molecule has 0 saturated carbocycles. The maximum absolute atomic E-state index is 12.5. The van der Waals surface area contributed by atoms with Crippen molar-refractivity contribution in [1.82, 2.24) is 20.4 Å². The summed E-state index contributed by atoms with van der Waals surface area (Å²) >= 11 is 0. The number of ketones is 2. The van der Waals surface area contributed by atoms with Crippen LogP contribution in [0.1, 0.15) is 49.9 Å². The molecule has 2 atom stereocenters. The summed E-state index contributed by atoms with van der Waals surface area (Å²) in [5.74, 6) is 2.04. The highest BCUT2D eigenvalue weighted by atomic mass is 16.5. The predicted octanol–water partition coefficient (Wildman–Crippen LogP) is 4.35. The molecule has 44 heavy (non-hydrogen) atoms. The van der Waals surface area contributed by atoms with E-state index in [-0.39, 0.29) is 35.0 Å². The molecule has 2 fully saturated rings. The molecule has 0 aliphatic carbocycles. The zero-order chi connectivity index (χ0) is 31.5. The number of nitrogens with zero attached hydrogens (tertiary/aromatic N) is 2. The summed E-state index contributed by atoms with van der Waals surface area (Å²) in [7, 11) is 3.94. The van der Waals surface area contributed by atoms with E-state index >= 15 is 0 Å². The van der Waals surface area contributed by atoms with Crippen LogP contribution < -0.4 is 20.1 Å². The molecule has 0 bridgehead atoms. The lowest BCUT2D eigenvalue weighted by Gasteiger charge is -2.43. The fourth-order valence-corrected chi connectivity index (χ4v) is 5.63. The van der Waals surface area contributed by atoms with Gasteiger partial charge in [0.25, 0.3) is 0 Å². The average Bonchev–Trinajstić information content (AvgIpc) is 2.98. The number of ether oxygens (including phenoxy) is 2. The van der Waals surface area contributed by atoms with Crippen molar-refractivity contribution in [3.8, 4) is 11.5 Å². The molecule has 3 aromatic carbocycles. The zero-order valence-electron chi connectivity index (χ0n) is 26.9. The molecule has 2 aliphatic rings. The number of rotatable bonds is 10. The van der Waals surface area contributed by atoms with E-state index < -0.39 is 0 Å². The number of carbonyl (C=O) groups is 2. The van der Waals surface area contributed by atoms with Crippen molar-refractivity contribution >= 4 is 11.6 Å². The Morgan fingerprint density at radius 2 is 0.909 bits per heavy atom. The molecule has 0 radical (unpaired) electrons. The van der Waals surface area contributed by atoms with E-state index in [9.17, 15) is 9.59 Å². The second-order valence-corrected chi connectivity index (χ2v) is 13.2. The van der Waals surface area contributed by atoms with Crippen molar-refractivity contribution in [3.63, 3.8) is 0 Å². The van der Waals surface area contributed by atoms with Crippen molar-refractivity contribution in [2.24, 2.45) is 0 Å². The van der Waals surface area contributed by atoms with Gasteiger partial charge in [-0.1, -0.05) is 48.5 Å². The summed E-state index contributed by atoms with van der Waals surface area (Å²) in [5.41, 5.74) is 3.95. The van der Waals surface area contributed by atoms with Crippen LogP contribution in [0.5, 0.6) is 11.5 Å². The molecular weight excluding hydrogens is 552 g/mol. The zero-order valence-corrected chi connectivity index (χ0v) is 26.9. The van der Waals surface area contributed by atoms with Crippen molar-refractivity contribution < 1.29 is 19.1 Å². The largest absolute Gasteiger partial charge is 0.489 e. The van der Waals surface area contributed by atoms with Crippen LogP contribution in [0.15, 0.2) is 72.8 Å². The smallest absolute Gasteiger partial charge is 0.164 e. The fraction of sp³-hybridized carbons (Fsp3) is 0.444. The van der Waals surface area contributed by atoms with E-state index in [1.807, 2.05) is 72.4 Å². The monoisotopic (exact) mass is 598 g/mol. The molecule has 2 heterocycles. The summed E-state index contributed by atoms with van der Waals surface area (Å²) in [5, 5.41) is 6.94. The van der Waals surface area contributed by atoms with Crippen LogP contribution in [0.2, 0.25) is 0 Å². The Morgan fingerprint density at radius 3 is 1.25 bits per heavy atom. The van der Waals surface area contributed by atoms with Gasteiger partial charge in [0.2, 0.25) is 0 Å².